The smallest absolute Gasteiger partial charge is 0.303 e. The highest BCUT2D eigenvalue weighted by Gasteiger charge is 2.10. The van der Waals surface area contributed by atoms with Crippen LogP contribution in [-0.2, 0) is 4.79 Å². The van der Waals surface area contributed by atoms with Gasteiger partial charge >= 0.3 is 5.97 Å². The van der Waals surface area contributed by atoms with Crippen LogP contribution in [0, 0.1) is 0 Å². The molecule has 4 nitrogen and oxygen atoms in total. The van der Waals surface area contributed by atoms with E-state index < -0.39 is 5.97 Å². The number of fused-ring (bicyclic) bond motifs is 1. The molecule has 1 N–H and O–H groups in total. The first-order chi connectivity index (χ1) is 9.75. The Balaban J connectivity index is 1.73. The van der Waals surface area contributed by atoms with E-state index in [-0.39, 0.29) is 6.42 Å². The molecule has 0 bridgehead atoms. The fourth-order valence-corrected chi connectivity index (χ4v) is 2.92. The van der Waals surface area contributed by atoms with E-state index in [2.05, 4.69) is 6.07 Å². The van der Waals surface area contributed by atoms with Crippen LogP contribution < -0.4 is 9.47 Å². The standard InChI is InChI=1S/C15H20O4S/c16-15(17)5-2-1-3-10-20-12-6-7-13-14(11-12)19-9-4-8-18-13/h6-7,11H,1-5,8-10H2,(H,16,17). The van der Waals surface area contributed by atoms with E-state index in [0.29, 0.717) is 13.2 Å². The third kappa shape index (κ3) is 4.96. The number of ether oxygens (including phenoxy) is 2. The van der Waals surface area contributed by atoms with Crippen LogP contribution in [0.25, 0.3) is 0 Å². The zero-order valence-corrected chi connectivity index (χ0v) is 12.3. The minimum absolute atomic E-state index is 0.273. The first kappa shape index (κ1) is 15.0. The highest BCUT2D eigenvalue weighted by atomic mass is 32.2. The molecule has 0 atom stereocenters. The molecule has 0 aliphatic carbocycles. The van der Waals surface area contributed by atoms with Crippen molar-refractivity contribution in [3.63, 3.8) is 0 Å². The second kappa shape index (κ2) is 8.04. The molecule has 0 saturated carbocycles. The summed E-state index contributed by atoms with van der Waals surface area (Å²) < 4.78 is 11.3. The van der Waals surface area contributed by atoms with Crippen LogP contribution in [0.3, 0.4) is 0 Å². The van der Waals surface area contributed by atoms with Crippen molar-refractivity contribution in [1.82, 2.24) is 0 Å². The molecular formula is C15H20O4S. The maximum Gasteiger partial charge on any atom is 0.303 e. The van der Waals surface area contributed by atoms with Gasteiger partial charge in [0.05, 0.1) is 13.2 Å². The van der Waals surface area contributed by atoms with Crippen molar-refractivity contribution in [3.8, 4) is 11.5 Å². The van der Waals surface area contributed by atoms with Crippen LogP contribution in [0.4, 0.5) is 0 Å². The fourth-order valence-electron chi connectivity index (χ4n) is 1.98. The van der Waals surface area contributed by atoms with Gasteiger partial charge in [-0.1, -0.05) is 6.42 Å². The Morgan fingerprint density at radius 1 is 1.15 bits per heavy atom. The molecule has 20 heavy (non-hydrogen) atoms. The third-order valence-corrected chi connectivity index (χ3v) is 4.10. The predicted octanol–water partition coefficient (Wildman–Crippen LogP) is 3.59. The number of hydrogen-bond acceptors (Lipinski definition) is 4. The number of carboxylic acid groups (broad SMARTS) is 1. The zero-order chi connectivity index (χ0) is 14.2. The lowest BCUT2D eigenvalue weighted by Crippen LogP contribution is -1.97. The molecule has 0 radical (unpaired) electrons. The molecule has 1 aliphatic heterocycles. The summed E-state index contributed by atoms with van der Waals surface area (Å²) in [5.74, 6) is 1.95. The summed E-state index contributed by atoms with van der Waals surface area (Å²) in [6, 6.07) is 6.05. The van der Waals surface area contributed by atoms with Crippen molar-refractivity contribution < 1.29 is 19.4 Å². The monoisotopic (exact) mass is 296 g/mol. The Kier molecular flexibility index (Phi) is 6.05. The summed E-state index contributed by atoms with van der Waals surface area (Å²) in [7, 11) is 0. The van der Waals surface area contributed by atoms with Gasteiger partial charge in [-0.2, -0.15) is 0 Å². The van der Waals surface area contributed by atoms with E-state index >= 15 is 0 Å². The van der Waals surface area contributed by atoms with Crippen molar-refractivity contribution in [2.75, 3.05) is 19.0 Å². The number of thioether (sulfide) groups is 1. The minimum atomic E-state index is -0.708. The van der Waals surface area contributed by atoms with Crippen molar-refractivity contribution in [2.45, 2.75) is 37.0 Å². The molecule has 1 aromatic rings. The second-order valence-electron chi connectivity index (χ2n) is 4.71. The number of rotatable bonds is 7. The lowest BCUT2D eigenvalue weighted by Gasteiger charge is -2.09. The number of benzene rings is 1. The number of carbonyl (C=O) groups is 1. The maximum atomic E-state index is 10.4. The Hall–Kier alpha value is -1.36. The molecule has 0 aromatic heterocycles. The van der Waals surface area contributed by atoms with Gasteiger partial charge in [-0.15, -0.1) is 11.8 Å². The molecule has 0 unspecified atom stereocenters. The van der Waals surface area contributed by atoms with Crippen LogP contribution in [-0.4, -0.2) is 30.0 Å². The first-order valence-electron chi connectivity index (χ1n) is 7.00. The molecule has 0 fully saturated rings. The van der Waals surface area contributed by atoms with E-state index in [1.165, 1.54) is 4.90 Å². The van der Waals surface area contributed by atoms with Crippen molar-refractivity contribution in [1.29, 1.82) is 0 Å². The lowest BCUT2D eigenvalue weighted by molar-refractivity contribution is -0.137. The fraction of sp³-hybridized carbons (Fsp3) is 0.533. The highest BCUT2D eigenvalue weighted by Crippen LogP contribution is 2.34. The number of aliphatic carboxylic acids is 1. The average Bonchev–Trinajstić information content (AvgIpc) is 2.67. The van der Waals surface area contributed by atoms with Gasteiger partial charge in [0.1, 0.15) is 0 Å². The second-order valence-corrected chi connectivity index (χ2v) is 5.88. The molecule has 2 rings (SSSR count). The van der Waals surface area contributed by atoms with Crippen LogP contribution in [0.1, 0.15) is 32.1 Å². The predicted molar refractivity (Wildman–Crippen MR) is 78.9 cm³/mol. The van der Waals surface area contributed by atoms with Gasteiger partial charge in [0.25, 0.3) is 0 Å². The van der Waals surface area contributed by atoms with Crippen LogP contribution in [0.5, 0.6) is 11.5 Å². The van der Waals surface area contributed by atoms with E-state index in [4.69, 9.17) is 14.6 Å². The van der Waals surface area contributed by atoms with E-state index in [1.54, 1.807) is 11.8 Å². The maximum absolute atomic E-state index is 10.4. The minimum Gasteiger partial charge on any atom is -0.490 e. The first-order valence-corrected chi connectivity index (χ1v) is 7.98. The van der Waals surface area contributed by atoms with Crippen molar-refractivity contribution >= 4 is 17.7 Å². The summed E-state index contributed by atoms with van der Waals surface area (Å²) in [4.78, 5) is 11.6. The highest BCUT2D eigenvalue weighted by molar-refractivity contribution is 7.99. The Labute approximate surface area is 123 Å². The summed E-state index contributed by atoms with van der Waals surface area (Å²) in [6.07, 6.45) is 3.95. The van der Waals surface area contributed by atoms with Crippen LogP contribution in [0.2, 0.25) is 0 Å². The molecule has 5 heteroatoms. The SMILES string of the molecule is O=C(O)CCCCCSc1ccc2c(c1)OCCCO2. The molecule has 0 spiro atoms. The summed E-state index contributed by atoms with van der Waals surface area (Å²) in [5, 5.41) is 8.55. The molecule has 1 heterocycles. The van der Waals surface area contributed by atoms with E-state index in [0.717, 1.165) is 42.9 Å². The van der Waals surface area contributed by atoms with Gasteiger partial charge in [-0.05, 0) is 36.8 Å². The number of unbranched alkanes of at least 4 members (excludes halogenated alkanes) is 2. The van der Waals surface area contributed by atoms with Gasteiger partial charge < -0.3 is 14.6 Å². The van der Waals surface area contributed by atoms with Gasteiger partial charge in [-0.3, -0.25) is 4.79 Å². The zero-order valence-electron chi connectivity index (χ0n) is 11.5. The quantitative estimate of drug-likeness (QED) is 0.615. The average molecular weight is 296 g/mol. The molecule has 1 aromatic carbocycles. The van der Waals surface area contributed by atoms with Gasteiger partial charge in [0.15, 0.2) is 11.5 Å². The Morgan fingerprint density at radius 3 is 2.75 bits per heavy atom. The van der Waals surface area contributed by atoms with E-state index in [9.17, 15) is 4.79 Å². The largest absolute Gasteiger partial charge is 0.490 e. The van der Waals surface area contributed by atoms with Gasteiger partial charge in [0.2, 0.25) is 0 Å². The Bertz CT molecular complexity index is 447. The molecular weight excluding hydrogens is 276 g/mol. The number of carboxylic acids is 1. The molecule has 110 valence electrons. The summed E-state index contributed by atoms with van der Waals surface area (Å²) in [6.45, 7) is 1.42. The molecule has 0 saturated heterocycles. The van der Waals surface area contributed by atoms with Gasteiger partial charge in [-0.25, -0.2) is 0 Å². The lowest BCUT2D eigenvalue weighted by atomic mass is 10.2. The summed E-state index contributed by atoms with van der Waals surface area (Å²) >= 11 is 1.78. The summed E-state index contributed by atoms with van der Waals surface area (Å²) in [5.41, 5.74) is 0. The number of hydrogen-bond donors (Lipinski definition) is 1. The molecule has 0 amide bonds. The topological polar surface area (TPSA) is 55.8 Å². The van der Waals surface area contributed by atoms with Crippen molar-refractivity contribution in [3.05, 3.63) is 18.2 Å². The molecule has 1 aliphatic rings. The van der Waals surface area contributed by atoms with Gasteiger partial charge in [0, 0.05) is 17.7 Å². The van der Waals surface area contributed by atoms with Crippen LogP contribution >= 0.6 is 11.8 Å². The third-order valence-electron chi connectivity index (χ3n) is 3.02. The van der Waals surface area contributed by atoms with Crippen LogP contribution in [0.15, 0.2) is 23.1 Å². The van der Waals surface area contributed by atoms with E-state index in [1.807, 2.05) is 12.1 Å². The Morgan fingerprint density at radius 2 is 1.95 bits per heavy atom. The van der Waals surface area contributed by atoms with Crippen molar-refractivity contribution in [2.24, 2.45) is 0 Å². The normalized spacial score (nSPS) is 13.8.